The van der Waals surface area contributed by atoms with E-state index in [0.717, 1.165) is 0 Å². The van der Waals surface area contributed by atoms with Crippen molar-refractivity contribution in [1.29, 1.82) is 0 Å². The second kappa shape index (κ2) is 6.54. The quantitative estimate of drug-likeness (QED) is 0.581. The van der Waals surface area contributed by atoms with Crippen molar-refractivity contribution in [3.05, 3.63) is 71.0 Å². The lowest BCUT2D eigenvalue weighted by molar-refractivity contribution is 0.589. The van der Waals surface area contributed by atoms with Crippen molar-refractivity contribution < 1.29 is 13.2 Å². The van der Waals surface area contributed by atoms with Crippen LogP contribution < -0.4 is 0 Å². The number of hydrogen-bond donors (Lipinski definition) is 0. The number of aromatic nitrogens is 1. The van der Waals surface area contributed by atoms with Crippen LogP contribution in [0.2, 0.25) is 0 Å². The van der Waals surface area contributed by atoms with Gasteiger partial charge in [-0.05, 0) is 24.3 Å². The van der Waals surface area contributed by atoms with Crippen molar-refractivity contribution in [2.75, 3.05) is 0 Å². The maximum Gasteiger partial charge on any atom is 0.136 e. The van der Waals surface area contributed by atoms with Crippen LogP contribution in [0.15, 0.2) is 52.7 Å². The van der Waals surface area contributed by atoms with Crippen molar-refractivity contribution in [3.8, 4) is 10.6 Å². The van der Waals surface area contributed by atoms with Gasteiger partial charge in [0.15, 0.2) is 0 Å². The molecule has 0 spiro atoms. The van der Waals surface area contributed by atoms with Crippen LogP contribution >= 0.6 is 23.1 Å². The summed E-state index contributed by atoms with van der Waals surface area (Å²) in [7, 11) is 0. The van der Waals surface area contributed by atoms with Crippen LogP contribution in [0.3, 0.4) is 0 Å². The van der Waals surface area contributed by atoms with Crippen LogP contribution in [0.25, 0.3) is 10.6 Å². The topological polar surface area (TPSA) is 12.9 Å². The molecule has 3 aromatic rings. The Morgan fingerprint density at radius 1 is 0.909 bits per heavy atom. The van der Waals surface area contributed by atoms with E-state index in [-0.39, 0.29) is 11.4 Å². The van der Waals surface area contributed by atoms with Crippen LogP contribution in [0.1, 0.15) is 5.69 Å². The zero-order valence-corrected chi connectivity index (χ0v) is 12.9. The predicted octanol–water partition coefficient (Wildman–Crippen LogP) is 5.52. The van der Waals surface area contributed by atoms with Gasteiger partial charge >= 0.3 is 0 Å². The Labute approximate surface area is 133 Å². The monoisotopic (exact) mass is 337 g/mol. The average molecular weight is 337 g/mol. The van der Waals surface area contributed by atoms with Gasteiger partial charge in [0.2, 0.25) is 0 Å². The summed E-state index contributed by atoms with van der Waals surface area (Å²) in [6, 6.07) is 10.2. The number of halogens is 3. The van der Waals surface area contributed by atoms with Gasteiger partial charge in [-0.2, -0.15) is 0 Å². The predicted molar refractivity (Wildman–Crippen MR) is 83.4 cm³/mol. The van der Waals surface area contributed by atoms with Crippen LogP contribution in [-0.2, 0) is 5.75 Å². The normalized spacial score (nSPS) is 10.9. The first kappa shape index (κ1) is 15.1. The van der Waals surface area contributed by atoms with Gasteiger partial charge in [-0.3, -0.25) is 0 Å². The highest BCUT2D eigenvalue weighted by molar-refractivity contribution is 7.98. The van der Waals surface area contributed by atoms with Gasteiger partial charge in [0, 0.05) is 16.0 Å². The highest BCUT2D eigenvalue weighted by atomic mass is 32.2. The Morgan fingerprint density at radius 3 is 2.32 bits per heavy atom. The lowest BCUT2D eigenvalue weighted by Crippen LogP contribution is -1.90. The van der Waals surface area contributed by atoms with Crippen molar-refractivity contribution in [1.82, 2.24) is 4.98 Å². The fraction of sp³-hybridized carbons (Fsp3) is 0.0625. The lowest BCUT2D eigenvalue weighted by atomic mass is 10.2. The fourth-order valence-corrected chi connectivity index (χ4v) is 3.71. The first-order valence-corrected chi connectivity index (χ1v) is 8.28. The molecule has 1 heterocycles. The molecule has 1 aromatic heterocycles. The fourth-order valence-electron chi connectivity index (χ4n) is 1.90. The highest BCUT2D eigenvalue weighted by Gasteiger charge is 2.15. The molecule has 2 aromatic carbocycles. The first-order chi connectivity index (χ1) is 10.6. The Kier molecular flexibility index (Phi) is 4.49. The summed E-state index contributed by atoms with van der Waals surface area (Å²) in [5.74, 6) is -1.12. The van der Waals surface area contributed by atoms with E-state index in [1.807, 2.05) is 0 Å². The molecule has 0 unspecified atom stereocenters. The average Bonchev–Trinajstić information content (AvgIpc) is 2.95. The summed E-state index contributed by atoms with van der Waals surface area (Å²) < 4.78 is 41.0. The largest absolute Gasteiger partial charge is 0.240 e. The smallest absolute Gasteiger partial charge is 0.136 e. The molecule has 0 atom stereocenters. The third kappa shape index (κ3) is 3.18. The minimum Gasteiger partial charge on any atom is -0.240 e. The summed E-state index contributed by atoms with van der Waals surface area (Å²) >= 11 is 2.47. The zero-order chi connectivity index (χ0) is 15.5. The van der Waals surface area contributed by atoms with E-state index in [0.29, 0.717) is 21.3 Å². The third-order valence-electron chi connectivity index (χ3n) is 2.94. The third-order valence-corrected chi connectivity index (χ3v) is 4.93. The van der Waals surface area contributed by atoms with Crippen molar-refractivity contribution >= 4 is 23.1 Å². The summed E-state index contributed by atoms with van der Waals surface area (Å²) in [6.07, 6.45) is 0. The lowest BCUT2D eigenvalue weighted by Gasteiger charge is -2.01. The molecule has 0 aliphatic rings. The Hall–Kier alpha value is -1.79. The van der Waals surface area contributed by atoms with Gasteiger partial charge in [-0.1, -0.05) is 18.2 Å². The molecule has 22 heavy (non-hydrogen) atoms. The minimum absolute atomic E-state index is 0.116. The van der Waals surface area contributed by atoms with Gasteiger partial charge in [0.05, 0.1) is 11.3 Å². The summed E-state index contributed by atoms with van der Waals surface area (Å²) in [6.45, 7) is 0. The molecule has 0 aliphatic carbocycles. The van der Waals surface area contributed by atoms with Gasteiger partial charge < -0.3 is 0 Å². The molecular formula is C16H10F3NS2. The number of hydrogen-bond acceptors (Lipinski definition) is 3. The standard InChI is InChI=1S/C16H10F3NS2/c17-11-4-1-2-7-14(11)21-8-10-9-22-16(20-10)15-12(18)5-3-6-13(15)19/h1-7,9H,8H2. The second-order valence-electron chi connectivity index (χ2n) is 4.46. The highest BCUT2D eigenvalue weighted by Crippen LogP contribution is 2.31. The molecule has 1 nitrogen and oxygen atoms in total. The Balaban J connectivity index is 1.79. The Morgan fingerprint density at radius 2 is 1.59 bits per heavy atom. The molecule has 0 N–H and O–H groups in total. The zero-order valence-electron chi connectivity index (χ0n) is 11.2. The maximum absolute atomic E-state index is 13.7. The van der Waals surface area contributed by atoms with Crippen LogP contribution in [-0.4, -0.2) is 4.98 Å². The van der Waals surface area contributed by atoms with Gasteiger partial charge in [-0.25, -0.2) is 18.2 Å². The van der Waals surface area contributed by atoms with Crippen LogP contribution in [0.5, 0.6) is 0 Å². The maximum atomic E-state index is 13.7. The molecule has 0 aliphatic heterocycles. The number of thiazole rings is 1. The summed E-state index contributed by atoms with van der Waals surface area (Å²) in [5, 5.41) is 2.02. The summed E-state index contributed by atoms with van der Waals surface area (Å²) in [4.78, 5) is 4.76. The molecule has 0 amide bonds. The molecule has 3 rings (SSSR count). The number of nitrogens with zero attached hydrogens (tertiary/aromatic N) is 1. The Bertz CT molecular complexity index is 781. The van der Waals surface area contributed by atoms with E-state index in [9.17, 15) is 13.2 Å². The number of rotatable bonds is 4. The van der Waals surface area contributed by atoms with Crippen LogP contribution in [0, 0.1) is 17.5 Å². The molecule has 0 fully saturated rings. The van der Waals surface area contributed by atoms with Gasteiger partial charge in [-0.15, -0.1) is 23.1 Å². The molecule has 0 saturated carbocycles. The van der Waals surface area contributed by atoms with Crippen LogP contribution in [0.4, 0.5) is 13.2 Å². The van der Waals surface area contributed by atoms with E-state index < -0.39 is 11.6 Å². The molecule has 112 valence electrons. The van der Waals surface area contributed by atoms with E-state index in [1.54, 1.807) is 23.6 Å². The van der Waals surface area contributed by atoms with Crippen molar-refractivity contribution in [2.24, 2.45) is 0 Å². The van der Waals surface area contributed by atoms with Crippen molar-refractivity contribution in [2.45, 2.75) is 10.6 Å². The molecule has 0 bridgehead atoms. The molecular weight excluding hydrogens is 327 g/mol. The van der Waals surface area contributed by atoms with Crippen molar-refractivity contribution in [3.63, 3.8) is 0 Å². The molecule has 0 saturated heterocycles. The van der Waals surface area contributed by atoms with E-state index in [2.05, 4.69) is 4.98 Å². The number of thioether (sulfide) groups is 1. The molecule has 0 radical (unpaired) electrons. The molecule has 6 heteroatoms. The minimum atomic E-state index is -0.636. The summed E-state index contributed by atoms with van der Waals surface area (Å²) in [5.41, 5.74) is 0.547. The number of benzene rings is 2. The SMILES string of the molecule is Fc1ccccc1SCc1csc(-c2c(F)cccc2F)n1. The van der Waals surface area contributed by atoms with E-state index >= 15 is 0 Å². The second-order valence-corrected chi connectivity index (χ2v) is 6.34. The van der Waals surface area contributed by atoms with E-state index in [4.69, 9.17) is 0 Å². The van der Waals surface area contributed by atoms with Gasteiger partial charge in [0.25, 0.3) is 0 Å². The van der Waals surface area contributed by atoms with E-state index in [1.165, 1.54) is 47.4 Å². The first-order valence-electron chi connectivity index (χ1n) is 6.41. The van der Waals surface area contributed by atoms with Gasteiger partial charge in [0.1, 0.15) is 22.5 Å².